The first kappa shape index (κ1) is 30.4. The molecule has 0 atom stereocenters. The lowest BCUT2D eigenvalue weighted by Gasteiger charge is -2.19. The summed E-state index contributed by atoms with van der Waals surface area (Å²) in [5, 5.41) is 4.84. The van der Waals surface area contributed by atoms with Gasteiger partial charge in [-0.25, -0.2) is 9.97 Å². The van der Waals surface area contributed by atoms with Gasteiger partial charge in [-0.1, -0.05) is 106 Å². The molecular weight excluding hydrogens is 635 g/mol. The molecule has 4 aromatic heterocycles. The van der Waals surface area contributed by atoms with Gasteiger partial charge in [-0.2, -0.15) is 0 Å². The van der Waals surface area contributed by atoms with Crippen LogP contribution in [0.1, 0.15) is 31.9 Å². The van der Waals surface area contributed by atoms with Crippen molar-refractivity contribution in [2.75, 3.05) is 0 Å². The van der Waals surface area contributed by atoms with E-state index in [2.05, 4.69) is 175 Å². The van der Waals surface area contributed by atoms with Crippen LogP contribution in [0.15, 0.2) is 146 Å². The van der Waals surface area contributed by atoms with Crippen LogP contribution in [-0.4, -0.2) is 24.1 Å². The Morgan fingerprint density at radius 1 is 0.577 bits per heavy atom. The SMILES string of the molecule is Cc1ccc2c(c1)[nH]c1c(-c3nc4c(-c5ccc6c7ccc(C(C)(C)C)cc7n(-c7ccccn7)c6c5)cccc4n3-c3ccccc3)cccc12. The smallest absolute Gasteiger partial charge is 0.147 e. The van der Waals surface area contributed by atoms with E-state index in [-0.39, 0.29) is 5.41 Å². The molecule has 4 heterocycles. The van der Waals surface area contributed by atoms with Crippen molar-refractivity contribution in [1.29, 1.82) is 0 Å². The molecule has 0 saturated heterocycles. The predicted octanol–water partition coefficient (Wildman–Crippen LogP) is 12.1. The van der Waals surface area contributed by atoms with Gasteiger partial charge in [0.25, 0.3) is 0 Å². The molecule has 250 valence electrons. The van der Waals surface area contributed by atoms with E-state index in [1.54, 1.807) is 0 Å². The number of hydrogen-bond acceptors (Lipinski definition) is 2. The van der Waals surface area contributed by atoms with Crippen LogP contribution in [0.4, 0.5) is 0 Å². The van der Waals surface area contributed by atoms with Crippen LogP contribution in [0.5, 0.6) is 0 Å². The molecule has 5 heteroatoms. The molecule has 0 aliphatic heterocycles. The van der Waals surface area contributed by atoms with Crippen LogP contribution in [-0.2, 0) is 5.41 Å². The summed E-state index contributed by atoms with van der Waals surface area (Å²) in [6, 6.07) is 50.1. The van der Waals surface area contributed by atoms with Gasteiger partial charge in [-0.05, 0) is 83.6 Å². The third-order valence-electron chi connectivity index (χ3n) is 10.6. The zero-order valence-corrected chi connectivity index (χ0v) is 29.6. The summed E-state index contributed by atoms with van der Waals surface area (Å²) in [4.78, 5) is 14.1. The monoisotopic (exact) mass is 671 g/mol. The Morgan fingerprint density at radius 3 is 2.13 bits per heavy atom. The van der Waals surface area contributed by atoms with E-state index in [1.165, 1.54) is 32.7 Å². The van der Waals surface area contributed by atoms with Gasteiger partial charge in [0.2, 0.25) is 0 Å². The molecular formula is C47H37N5. The molecule has 0 amide bonds. The Balaban J connectivity index is 1.25. The summed E-state index contributed by atoms with van der Waals surface area (Å²) < 4.78 is 4.62. The van der Waals surface area contributed by atoms with Crippen molar-refractivity contribution in [3.63, 3.8) is 0 Å². The Hall–Kier alpha value is -6.46. The number of H-pyrrole nitrogens is 1. The molecule has 0 aliphatic carbocycles. The first-order valence-corrected chi connectivity index (χ1v) is 17.9. The zero-order chi connectivity index (χ0) is 35.1. The lowest BCUT2D eigenvalue weighted by Crippen LogP contribution is -2.10. The average molecular weight is 672 g/mol. The van der Waals surface area contributed by atoms with Crippen molar-refractivity contribution < 1.29 is 0 Å². The van der Waals surface area contributed by atoms with E-state index in [4.69, 9.17) is 9.97 Å². The molecule has 0 aliphatic rings. The summed E-state index contributed by atoms with van der Waals surface area (Å²) in [6.07, 6.45) is 1.87. The predicted molar refractivity (Wildman–Crippen MR) is 217 cm³/mol. The quantitative estimate of drug-likeness (QED) is 0.202. The minimum Gasteiger partial charge on any atom is -0.354 e. The molecule has 52 heavy (non-hydrogen) atoms. The average Bonchev–Trinajstić information content (AvgIpc) is 3.84. The summed E-state index contributed by atoms with van der Waals surface area (Å²) in [5.41, 5.74) is 13.4. The fourth-order valence-corrected chi connectivity index (χ4v) is 7.97. The lowest BCUT2D eigenvalue weighted by atomic mass is 9.86. The van der Waals surface area contributed by atoms with Gasteiger partial charge in [0.15, 0.2) is 0 Å². The molecule has 0 spiro atoms. The second kappa shape index (κ2) is 11.3. The molecule has 0 radical (unpaired) electrons. The number of benzene rings is 6. The van der Waals surface area contributed by atoms with Gasteiger partial charge in [0.05, 0.1) is 27.6 Å². The van der Waals surface area contributed by atoms with Crippen molar-refractivity contribution in [3.8, 4) is 34.0 Å². The minimum atomic E-state index is 0.0196. The Labute approximate surface area is 301 Å². The molecule has 5 nitrogen and oxygen atoms in total. The number of para-hydroxylation sites is 3. The van der Waals surface area contributed by atoms with Gasteiger partial charge < -0.3 is 4.98 Å². The van der Waals surface area contributed by atoms with E-state index < -0.39 is 0 Å². The molecule has 0 bridgehead atoms. The van der Waals surface area contributed by atoms with Gasteiger partial charge in [0.1, 0.15) is 11.6 Å². The molecule has 0 unspecified atom stereocenters. The minimum absolute atomic E-state index is 0.0196. The lowest BCUT2D eigenvalue weighted by molar-refractivity contribution is 0.591. The number of nitrogens with one attached hydrogen (secondary N) is 1. The fourth-order valence-electron chi connectivity index (χ4n) is 7.97. The first-order chi connectivity index (χ1) is 25.3. The standard InChI is InChI=1S/C47H37N5/c1-29-19-22-34-37-15-10-16-38(44(37)49-39(34)26-29)46-50-45-33(14-11-17-40(45)51(46)32-12-6-5-7-13-32)30-20-23-35-36-24-21-31(47(2,3)4)28-42(36)52(41(35)27-30)43-18-8-9-25-48-43/h5-28,49H,1-4H3. The number of fused-ring (bicyclic) bond motifs is 7. The molecule has 10 rings (SSSR count). The van der Waals surface area contributed by atoms with Crippen LogP contribution in [0, 0.1) is 6.92 Å². The van der Waals surface area contributed by atoms with E-state index in [9.17, 15) is 0 Å². The number of pyridine rings is 1. The van der Waals surface area contributed by atoms with Gasteiger partial charge in [-0.15, -0.1) is 0 Å². The highest BCUT2D eigenvalue weighted by Gasteiger charge is 2.22. The summed E-state index contributed by atoms with van der Waals surface area (Å²) in [5.74, 6) is 1.81. The topological polar surface area (TPSA) is 51.4 Å². The number of aryl methyl sites for hydroxylation is 1. The fraction of sp³-hybridized carbons (Fsp3) is 0.106. The van der Waals surface area contributed by atoms with Crippen molar-refractivity contribution in [2.24, 2.45) is 0 Å². The first-order valence-electron chi connectivity index (χ1n) is 17.9. The number of aromatic nitrogens is 5. The van der Waals surface area contributed by atoms with Crippen molar-refractivity contribution >= 4 is 54.6 Å². The highest BCUT2D eigenvalue weighted by Crippen LogP contribution is 2.41. The largest absolute Gasteiger partial charge is 0.354 e. The second-order valence-corrected chi connectivity index (χ2v) is 14.9. The zero-order valence-electron chi connectivity index (χ0n) is 29.6. The van der Waals surface area contributed by atoms with Gasteiger partial charge in [-0.3, -0.25) is 9.13 Å². The van der Waals surface area contributed by atoms with Crippen LogP contribution in [0.3, 0.4) is 0 Å². The Morgan fingerprint density at radius 2 is 1.33 bits per heavy atom. The third kappa shape index (κ3) is 4.62. The number of hydrogen-bond donors (Lipinski definition) is 1. The third-order valence-corrected chi connectivity index (χ3v) is 10.6. The second-order valence-electron chi connectivity index (χ2n) is 14.9. The van der Waals surface area contributed by atoms with Crippen LogP contribution < -0.4 is 0 Å². The molecule has 6 aromatic carbocycles. The maximum absolute atomic E-state index is 5.54. The van der Waals surface area contributed by atoms with Crippen molar-refractivity contribution in [1.82, 2.24) is 24.1 Å². The van der Waals surface area contributed by atoms with Gasteiger partial charge in [0, 0.05) is 50.1 Å². The summed E-state index contributed by atoms with van der Waals surface area (Å²) in [6.45, 7) is 8.94. The van der Waals surface area contributed by atoms with E-state index in [0.717, 1.165) is 67.1 Å². The number of imidazole rings is 1. The summed E-state index contributed by atoms with van der Waals surface area (Å²) in [7, 11) is 0. The molecule has 0 fully saturated rings. The van der Waals surface area contributed by atoms with Crippen LogP contribution >= 0.6 is 0 Å². The van der Waals surface area contributed by atoms with E-state index in [1.807, 2.05) is 12.3 Å². The van der Waals surface area contributed by atoms with Crippen molar-refractivity contribution in [3.05, 3.63) is 157 Å². The molecule has 0 saturated carbocycles. The highest BCUT2D eigenvalue weighted by molar-refractivity contribution is 6.13. The van der Waals surface area contributed by atoms with Gasteiger partial charge >= 0.3 is 0 Å². The Kier molecular flexibility index (Phi) is 6.58. The molecule has 1 N–H and O–H groups in total. The number of nitrogens with zero attached hydrogens (tertiary/aromatic N) is 4. The Bertz CT molecular complexity index is 2990. The number of aromatic amines is 1. The van der Waals surface area contributed by atoms with Crippen LogP contribution in [0.2, 0.25) is 0 Å². The summed E-state index contributed by atoms with van der Waals surface area (Å²) >= 11 is 0. The van der Waals surface area contributed by atoms with Crippen molar-refractivity contribution in [2.45, 2.75) is 33.1 Å². The van der Waals surface area contributed by atoms with Crippen LogP contribution in [0.25, 0.3) is 88.7 Å². The maximum atomic E-state index is 5.54. The highest BCUT2D eigenvalue weighted by atomic mass is 15.1. The molecule has 10 aromatic rings. The number of rotatable bonds is 4. The normalized spacial score (nSPS) is 12.2. The maximum Gasteiger partial charge on any atom is 0.147 e. The van der Waals surface area contributed by atoms with E-state index >= 15 is 0 Å². The van der Waals surface area contributed by atoms with E-state index in [0.29, 0.717) is 0 Å².